The molecule has 0 aliphatic carbocycles. The average molecular weight is 246 g/mol. The summed E-state index contributed by atoms with van der Waals surface area (Å²) in [5, 5.41) is 9.03. The fourth-order valence-corrected chi connectivity index (χ4v) is 2.59. The third-order valence-electron chi connectivity index (χ3n) is 2.70. The van der Waals surface area contributed by atoms with Gasteiger partial charge in [0, 0.05) is 18.1 Å². The lowest BCUT2D eigenvalue weighted by molar-refractivity contribution is -0.150. The van der Waals surface area contributed by atoms with Crippen LogP contribution in [0.3, 0.4) is 0 Å². The maximum absolute atomic E-state index is 12.0. The van der Waals surface area contributed by atoms with Gasteiger partial charge in [0.1, 0.15) is 6.04 Å². The molecule has 1 heterocycles. The number of nitrogens with two attached hydrogens (primary N) is 1. The zero-order valence-corrected chi connectivity index (χ0v) is 10.4. The van der Waals surface area contributed by atoms with Crippen LogP contribution in [0.2, 0.25) is 0 Å². The van der Waals surface area contributed by atoms with Gasteiger partial charge in [-0.1, -0.05) is 13.8 Å². The smallest absolute Gasteiger partial charge is 0.327 e. The molecule has 1 saturated heterocycles. The number of aliphatic carboxylic acids is 1. The highest BCUT2D eigenvalue weighted by Crippen LogP contribution is 2.18. The molecule has 0 bridgehead atoms. The molecule has 1 aliphatic heterocycles. The molecule has 0 radical (unpaired) electrons. The summed E-state index contributed by atoms with van der Waals surface area (Å²) in [5.41, 5.74) is 5.76. The fourth-order valence-electron chi connectivity index (χ4n) is 1.55. The van der Waals surface area contributed by atoms with E-state index in [-0.39, 0.29) is 11.8 Å². The maximum atomic E-state index is 12.0. The second kappa shape index (κ2) is 5.54. The Bertz CT molecular complexity index is 283. The molecule has 2 atom stereocenters. The van der Waals surface area contributed by atoms with E-state index in [2.05, 4.69) is 0 Å². The first-order valence-corrected chi connectivity index (χ1v) is 6.47. The SMILES string of the molecule is CC(C)[C@H](N)C(=O)N1CCSCC1C(=O)O. The van der Waals surface area contributed by atoms with Crippen LogP contribution in [0.5, 0.6) is 0 Å². The Morgan fingerprint density at radius 2 is 2.12 bits per heavy atom. The Hall–Kier alpha value is -0.750. The van der Waals surface area contributed by atoms with Crippen molar-refractivity contribution in [1.82, 2.24) is 4.90 Å². The van der Waals surface area contributed by atoms with E-state index in [0.29, 0.717) is 12.3 Å². The lowest BCUT2D eigenvalue weighted by Crippen LogP contribution is -2.56. The summed E-state index contributed by atoms with van der Waals surface area (Å²) in [6.07, 6.45) is 0. The van der Waals surface area contributed by atoms with Crippen LogP contribution in [-0.4, -0.2) is 52.0 Å². The molecule has 6 heteroatoms. The molecule has 16 heavy (non-hydrogen) atoms. The first kappa shape index (κ1) is 13.3. The molecule has 1 aliphatic rings. The van der Waals surface area contributed by atoms with E-state index in [0.717, 1.165) is 5.75 Å². The Morgan fingerprint density at radius 1 is 1.50 bits per heavy atom. The van der Waals surface area contributed by atoms with Gasteiger partial charge in [-0.25, -0.2) is 4.79 Å². The van der Waals surface area contributed by atoms with E-state index in [4.69, 9.17) is 10.8 Å². The van der Waals surface area contributed by atoms with Crippen molar-refractivity contribution in [1.29, 1.82) is 0 Å². The van der Waals surface area contributed by atoms with Crippen LogP contribution in [-0.2, 0) is 9.59 Å². The number of amides is 1. The first-order valence-electron chi connectivity index (χ1n) is 5.31. The molecule has 5 nitrogen and oxygen atoms in total. The number of carbonyl (C=O) groups is 2. The van der Waals surface area contributed by atoms with E-state index in [1.165, 1.54) is 4.90 Å². The summed E-state index contributed by atoms with van der Waals surface area (Å²) in [6.45, 7) is 4.19. The number of carboxylic acids is 1. The summed E-state index contributed by atoms with van der Waals surface area (Å²) in [4.78, 5) is 24.4. The predicted molar refractivity (Wildman–Crippen MR) is 63.3 cm³/mol. The lowest BCUT2D eigenvalue weighted by atomic mass is 10.0. The minimum absolute atomic E-state index is 0.0246. The van der Waals surface area contributed by atoms with E-state index < -0.39 is 18.1 Å². The highest BCUT2D eigenvalue weighted by Gasteiger charge is 2.35. The number of carboxylic acid groups (broad SMARTS) is 1. The summed E-state index contributed by atoms with van der Waals surface area (Å²) in [7, 11) is 0. The number of thioether (sulfide) groups is 1. The highest BCUT2D eigenvalue weighted by atomic mass is 32.2. The second-order valence-electron chi connectivity index (χ2n) is 4.23. The Balaban J connectivity index is 2.75. The van der Waals surface area contributed by atoms with Gasteiger partial charge in [-0.15, -0.1) is 0 Å². The van der Waals surface area contributed by atoms with Crippen molar-refractivity contribution < 1.29 is 14.7 Å². The molecule has 1 amide bonds. The number of rotatable bonds is 3. The molecule has 0 aromatic rings. The lowest BCUT2D eigenvalue weighted by Gasteiger charge is -2.35. The standard InChI is InChI=1S/C10H18N2O3S/c1-6(2)8(11)9(13)12-3-4-16-5-7(12)10(14)15/h6-8H,3-5,11H2,1-2H3,(H,14,15)/t7?,8-/m0/s1. The minimum Gasteiger partial charge on any atom is -0.480 e. The topological polar surface area (TPSA) is 83.6 Å². The summed E-state index contributed by atoms with van der Waals surface area (Å²) in [5.74, 6) is 0.0578. The van der Waals surface area contributed by atoms with Crippen molar-refractivity contribution in [3.05, 3.63) is 0 Å². The van der Waals surface area contributed by atoms with Crippen LogP contribution in [0.4, 0.5) is 0 Å². The number of hydrogen-bond acceptors (Lipinski definition) is 4. The Kier molecular flexibility index (Phi) is 4.61. The first-order chi connectivity index (χ1) is 7.45. The normalized spacial score (nSPS) is 23.2. The van der Waals surface area contributed by atoms with Crippen LogP contribution in [0.15, 0.2) is 0 Å². The van der Waals surface area contributed by atoms with Crippen molar-refractivity contribution in [3.63, 3.8) is 0 Å². The van der Waals surface area contributed by atoms with Crippen molar-refractivity contribution in [2.24, 2.45) is 11.7 Å². The van der Waals surface area contributed by atoms with Gasteiger partial charge in [0.25, 0.3) is 0 Å². The third kappa shape index (κ3) is 2.89. The number of carbonyl (C=O) groups excluding carboxylic acids is 1. The minimum atomic E-state index is -0.948. The van der Waals surface area contributed by atoms with Gasteiger partial charge in [-0.05, 0) is 5.92 Å². The molecule has 0 aromatic heterocycles. The monoisotopic (exact) mass is 246 g/mol. The predicted octanol–water partition coefficient (Wildman–Crippen LogP) is -0.00170. The summed E-state index contributed by atoms with van der Waals surface area (Å²) < 4.78 is 0. The van der Waals surface area contributed by atoms with Gasteiger partial charge in [0.15, 0.2) is 0 Å². The fraction of sp³-hybridized carbons (Fsp3) is 0.800. The number of hydrogen-bond donors (Lipinski definition) is 2. The molecule has 1 fully saturated rings. The zero-order valence-electron chi connectivity index (χ0n) is 9.55. The highest BCUT2D eigenvalue weighted by molar-refractivity contribution is 7.99. The van der Waals surface area contributed by atoms with Crippen molar-refractivity contribution in [2.75, 3.05) is 18.1 Å². The van der Waals surface area contributed by atoms with E-state index in [1.54, 1.807) is 11.8 Å². The van der Waals surface area contributed by atoms with Gasteiger partial charge in [-0.3, -0.25) is 4.79 Å². The molecule has 0 aromatic carbocycles. The third-order valence-corrected chi connectivity index (χ3v) is 3.72. The number of nitrogens with zero attached hydrogens (tertiary/aromatic N) is 1. The van der Waals surface area contributed by atoms with Gasteiger partial charge < -0.3 is 15.7 Å². The Morgan fingerprint density at radius 3 is 2.62 bits per heavy atom. The van der Waals surface area contributed by atoms with Crippen molar-refractivity contribution >= 4 is 23.6 Å². The Labute approximate surface area is 99.4 Å². The van der Waals surface area contributed by atoms with Gasteiger partial charge >= 0.3 is 5.97 Å². The molecule has 0 spiro atoms. The zero-order chi connectivity index (χ0) is 12.3. The van der Waals surface area contributed by atoms with E-state index in [9.17, 15) is 9.59 Å². The largest absolute Gasteiger partial charge is 0.480 e. The molecule has 3 N–H and O–H groups in total. The summed E-state index contributed by atoms with van der Waals surface area (Å²) in [6, 6.07) is -1.33. The van der Waals surface area contributed by atoms with Gasteiger partial charge in [0.2, 0.25) is 5.91 Å². The summed E-state index contributed by atoms with van der Waals surface area (Å²) >= 11 is 1.56. The molecule has 1 unspecified atom stereocenters. The molecule has 92 valence electrons. The quantitative estimate of drug-likeness (QED) is 0.732. The molecule has 0 saturated carbocycles. The van der Waals surface area contributed by atoms with E-state index in [1.807, 2.05) is 13.8 Å². The second-order valence-corrected chi connectivity index (χ2v) is 5.38. The van der Waals surface area contributed by atoms with E-state index >= 15 is 0 Å². The van der Waals surface area contributed by atoms with Gasteiger partial charge in [0.05, 0.1) is 6.04 Å². The van der Waals surface area contributed by atoms with Crippen molar-refractivity contribution in [3.8, 4) is 0 Å². The average Bonchev–Trinajstić information content (AvgIpc) is 2.26. The van der Waals surface area contributed by atoms with Crippen LogP contribution >= 0.6 is 11.8 Å². The molecular weight excluding hydrogens is 228 g/mol. The molecular formula is C10H18N2O3S. The van der Waals surface area contributed by atoms with Crippen LogP contribution < -0.4 is 5.73 Å². The van der Waals surface area contributed by atoms with Crippen LogP contribution in [0.25, 0.3) is 0 Å². The maximum Gasteiger partial charge on any atom is 0.327 e. The van der Waals surface area contributed by atoms with Crippen LogP contribution in [0.1, 0.15) is 13.8 Å². The van der Waals surface area contributed by atoms with Crippen molar-refractivity contribution in [2.45, 2.75) is 25.9 Å². The molecule has 1 rings (SSSR count). The van der Waals surface area contributed by atoms with Gasteiger partial charge in [-0.2, -0.15) is 11.8 Å². The van der Waals surface area contributed by atoms with Crippen LogP contribution in [0, 0.1) is 5.92 Å².